The van der Waals surface area contributed by atoms with Gasteiger partial charge in [0.2, 0.25) is 10.0 Å². The van der Waals surface area contributed by atoms with Gasteiger partial charge >= 0.3 is 0 Å². The molecule has 3 N–H and O–H groups in total. The number of H-pyrrole nitrogens is 1. The summed E-state index contributed by atoms with van der Waals surface area (Å²) in [5.41, 5.74) is 1.11. The number of rotatable bonds is 5. The minimum atomic E-state index is -3.40. The van der Waals surface area contributed by atoms with Gasteiger partial charge in [0.25, 0.3) is 0 Å². The Labute approximate surface area is 115 Å². The van der Waals surface area contributed by atoms with Crippen LogP contribution in [0.2, 0.25) is 0 Å². The van der Waals surface area contributed by atoms with Gasteiger partial charge in [0.15, 0.2) is 0 Å². The van der Waals surface area contributed by atoms with Crippen LogP contribution in [0.4, 0.5) is 0 Å². The third kappa shape index (κ3) is 3.58. The van der Waals surface area contributed by atoms with Gasteiger partial charge in [0.1, 0.15) is 0 Å². The zero-order valence-electron chi connectivity index (χ0n) is 11.8. The van der Waals surface area contributed by atoms with Crippen molar-refractivity contribution in [2.45, 2.75) is 50.6 Å². The topological polar surface area (TPSA) is 74.0 Å². The van der Waals surface area contributed by atoms with Gasteiger partial charge in [-0.25, -0.2) is 13.1 Å². The van der Waals surface area contributed by atoms with Gasteiger partial charge in [-0.05, 0) is 37.8 Å². The van der Waals surface area contributed by atoms with Crippen LogP contribution in [-0.4, -0.2) is 26.5 Å². The van der Waals surface area contributed by atoms with Gasteiger partial charge < -0.3 is 10.3 Å². The zero-order valence-corrected chi connectivity index (χ0v) is 12.6. The maximum absolute atomic E-state index is 12.3. The van der Waals surface area contributed by atoms with E-state index in [9.17, 15) is 8.42 Å². The molecule has 1 unspecified atom stereocenters. The number of aromatic amines is 1. The third-order valence-electron chi connectivity index (χ3n) is 3.68. The van der Waals surface area contributed by atoms with Crippen LogP contribution < -0.4 is 10.0 Å². The van der Waals surface area contributed by atoms with Crippen molar-refractivity contribution in [3.63, 3.8) is 0 Å². The fraction of sp³-hybridized carbons (Fsp3) is 0.692. The van der Waals surface area contributed by atoms with E-state index in [0.717, 1.165) is 25.0 Å². The van der Waals surface area contributed by atoms with Crippen LogP contribution in [0.3, 0.4) is 0 Å². The van der Waals surface area contributed by atoms with E-state index in [1.54, 1.807) is 12.3 Å². The molecule has 0 radical (unpaired) electrons. The summed E-state index contributed by atoms with van der Waals surface area (Å²) in [5, 5.41) is 2.99. The molecule has 1 aliphatic carbocycles. The van der Waals surface area contributed by atoms with E-state index in [-0.39, 0.29) is 11.5 Å². The fourth-order valence-electron chi connectivity index (χ4n) is 2.69. The maximum atomic E-state index is 12.3. The second-order valence-corrected chi connectivity index (χ2v) is 7.83. The Balaban J connectivity index is 2.05. The van der Waals surface area contributed by atoms with E-state index in [1.165, 1.54) is 0 Å². The molecule has 1 fully saturated rings. The molecule has 5 nitrogen and oxygen atoms in total. The van der Waals surface area contributed by atoms with Crippen molar-refractivity contribution in [1.29, 1.82) is 0 Å². The molecule has 1 aromatic rings. The summed E-state index contributed by atoms with van der Waals surface area (Å²) in [6, 6.07) is 1.74. The highest BCUT2D eigenvalue weighted by Crippen LogP contribution is 2.37. The molecular formula is C13H23N3O2S. The lowest BCUT2D eigenvalue weighted by molar-refractivity contribution is 0.372. The molecule has 1 saturated carbocycles. The SMILES string of the molecule is CNCc1cc(S(=O)(=O)NC2CCC(C)(C)C2)c[nH]1. The second kappa shape index (κ2) is 5.26. The van der Waals surface area contributed by atoms with Crippen LogP contribution >= 0.6 is 0 Å². The van der Waals surface area contributed by atoms with E-state index in [1.807, 2.05) is 7.05 Å². The van der Waals surface area contributed by atoms with Crippen LogP contribution in [-0.2, 0) is 16.6 Å². The molecule has 0 saturated heterocycles. The molecule has 1 aliphatic rings. The number of nitrogens with one attached hydrogen (secondary N) is 3. The number of hydrogen-bond donors (Lipinski definition) is 3. The first-order valence-corrected chi connectivity index (χ1v) is 8.15. The molecule has 0 amide bonds. The van der Waals surface area contributed by atoms with Gasteiger partial charge in [-0.2, -0.15) is 0 Å². The van der Waals surface area contributed by atoms with E-state index in [4.69, 9.17) is 0 Å². The summed E-state index contributed by atoms with van der Waals surface area (Å²) in [6.07, 6.45) is 4.44. The van der Waals surface area contributed by atoms with Crippen molar-refractivity contribution < 1.29 is 8.42 Å². The molecule has 1 heterocycles. The molecule has 0 bridgehead atoms. The number of aromatic nitrogens is 1. The summed E-state index contributed by atoms with van der Waals surface area (Å²) in [5.74, 6) is 0. The Morgan fingerprint density at radius 3 is 2.79 bits per heavy atom. The summed E-state index contributed by atoms with van der Waals surface area (Å²) < 4.78 is 27.3. The third-order valence-corrected chi connectivity index (χ3v) is 5.18. The van der Waals surface area contributed by atoms with Gasteiger partial charge in [-0.1, -0.05) is 13.8 Å². The van der Waals surface area contributed by atoms with Crippen molar-refractivity contribution in [2.24, 2.45) is 5.41 Å². The Hall–Kier alpha value is -0.850. The van der Waals surface area contributed by atoms with E-state index < -0.39 is 10.0 Å². The summed E-state index contributed by atoms with van der Waals surface area (Å²) in [6.45, 7) is 5.00. The van der Waals surface area contributed by atoms with E-state index >= 15 is 0 Å². The molecule has 1 atom stereocenters. The Kier molecular flexibility index (Phi) is 4.03. The summed E-state index contributed by atoms with van der Waals surface area (Å²) >= 11 is 0. The quantitative estimate of drug-likeness (QED) is 0.769. The van der Waals surface area contributed by atoms with Crippen LogP contribution in [0.15, 0.2) is 17.2 Å². The first-order valence-electron chi connectivity index (χ1n) is 6.67. The van der Waals surface area contributed by atoms with Gasteiger partial charge in [-0.3, -0.25) is 0 Å². The number of sulfonamides is 1. The molecule has 108 valence electrons. The zero-order chi connectivity index (χ0) is 14.1. The van der Waals surface area contributed by atoms with Gasteiger partial charge in [-0.15, -0.1) is 0 Å². The fourth-order valence-corrected chi connectivity index (χ4v) is 3.98. The monoisotopic (exact) mass is 285 g/mol. The van der Waals surface area contributed by atoms with Crippen molar-refractivity contribution in [3.05, 3.63) is 18.0 Å². The van der Waals surface area contributed by atoms with Crippen LogP contribution in [0, 0.1) is 5.41 Å². The van der Waals surface area contributed by atoms with E-state index in [2.05, 4.69) is 28.9 Å². The molecule has 0 aliphatic heterocycles. The Morgan fingerprint density at radius 2 is 2.21 bits per heavy atom. The Morgan fingerprint density at radius 1 is 1.47 bits per heavy atom. The lowest BCUT2D eigenvalue weighted by Gasteiger charge is -2.17. The maximum Gasteiger partial charge on any atom is 0.242 e. The lowest BCUT2D eigenvalue weighted by Crippen LogP contribution is -2.33. The van der Waals surface area contributed by atoms with Crippen LogP contribution in [0.1, 0.15) is 38.8 Å². The number of hydrogen-bond acceptors (Lipinski definition) is 3. The van der Waals surface area contributed by atoms with Crippen molar-refractivity contribution in [3.8, 4) is 0 Å². The lowest BCUT2D eigenvalue weighted by atomic mass is 9.92. The first-order chi connectivity index (χ1) is 8.82. The highest BCUT2D eigenvalue weighted by Gasteiger charge is 2.33. The standard InChI is InChI=1S/C13H23N3O2S/c1-13(2)5-4-10(7-13)16-19(17,18)12-6-11(8-14-3)15-9-12/h6,9-10,14-16H,4-5,7-8H2,1-3H3. The molecule has 0 spiro atoms. The van der Waals surface area contributed by atoms with Crippen molar-refractivity contribution >= 4 is 10.0 Å². The van der Waals surface area contributed by atoms with Crippen molar-refractivity contribution in [2.75, 3.05) is 7.05 Å². The largest absolute Gasteiger partial charge is 0.363 e. The minimum absolute atomic E-state index is 0.0580. The smallest absolute Gasteiger partial charge is 0.242 e. The van der Waals surface area contributed by atoms with Crippen LogP contribution in [0.25, 0.3) is 0 Å². The van der Waals surface area contributed by atoms with E-state index in [0.29, 0.717) is 11.4 Å². The minimum Gasteiger partial charge on any atom is -0.363 e. The van der Waals surface area contributed by atoms with Crippen LogP contribution in [0.5, 0.6) is 0 Å². The molecule has 19 heavy (non-hydrogen) atoms. The summed E-state index contributed by atoms with van der Waals surface area (Å²) in [4.78, 5) is 3.29. The molecule has 6 heteroatoms. The van der Waals surface area contributed by atoms with Gasteiger partial charge in [0, 0.05) is 24.5 Å². The molecule has 0 aromatic carbocycles. The highest BCUT2D eigenvalue weighted by atomic mass is 32.2. The normalized spacial score (nSPS) is 22.8. The first kappa shape index (κ1) is 14.6. The second-order valence-electron chi connectivity index (χ2n) is 6.12. The predicted octanol–water partition coefficient (Wildman–Crippen LogP) is 1.59. The summed E-state index contributed by atoms with van der Waals surface area (Å²) in [7, 11) is -1.57. The highest BCUT2D eigenvalue weighted by molar-refractivity contribution is 7.89. The van der Waals surface area contributed by atoms with Gasteiger partial charge in [0.05, 0.1) is 4.90 Å². The molecule has 2 rings (SSSR count). The Bertz CT molecular complexity index is 534. The predicted molar refractivity (Wildman–Crippen MR) is 75.3 cm³/mol. The molecular weight excluding hydrogens is 262 g/mol. The van der Waals surface area contributed by atoms with Crippen molar-refractivity contribution in [1.82, 2.24) is 15.0 Å². The molecule has 1 aromatic heterocycles. The average Bonchev–Trinajstić information content (AvgIpc) is 2.86. The average molecular weight is 285 g/mol.